The number of fused-ring (bicyclic) bond motifs is 3. The minimum atomic E-state index is -0.283. The minimum absolute atomic E-state index is 0.152. The van der Waals surface area contributed by atoms with Gasteiger partial charge < -0.3 is 24.3 Å². The highest BCUT2D eigenvalue weighted by Crippen LogP contribution is 2.35. The molecule has 0 unspecified atom stereocenters. The van der Waals surface area contributed by atoms with Crippen LogP contribution in [-0.4, -0.2) is 47.8 Å². The van der Waals surface area contributed by atoms with Gasteiger partial charge in [-0.1, -0.05) is 6.42 Å². The second-order valence-corrected chi connectivity index (χ2v) is 8.59. The number of hydrogen-bond acceptors (Lipinski definition) is 5. The molecule has 30 heavy (non-hydrogen) atoms. The third-order valence-corrected chi connectivity index (χ3v) is 6.91. The van der Waals surface area contributed by atoms with Gasteiger partial charge in [0.1, 0.15) is 5.56 Å². The predicted octanol–water partition coefficient (Wildman–Crippen LogP) is 2.74. The van der Waals surface area contributed by atoms with Crippen LogP contribution in [0.3, 0.4) is 0 Å². The zero-order chi connectivity index (χ0) is 20.7. The Morgan fingerprint density at radius 2 is 1.93 bits per heavy atom. The van der Waals surface area contributed by atoms with Crippen LogP contribution in [0.25, 0.3) is 10.9 Å². The Kier molecular flexibility index (Phi) is 5.15. The summed E-state index contributed by atoms with van der Waals surface area (Å²) in [5.41, 5.74) is 0.696. The highest BCUT2D eigenvalue weighted by Gasteiger charge is 2.33. The van der Waals surface area contributed by atoms with Crippen molar-refractivity contribution in [2.45, 2.75) is 51.6 Å². The number of pyridine rings is 1. The van der Waals surface area contributed by atoms with Gasteiger partial charge in [-0.2, -0.15) is 0 Å². The molecular weight excluding hydrogens is 382 g/mol. The molecule has 4 heterocycles. The number of nitrogens with zero attached hydrogens (tertiary/aromatic N) is 2. The number of piperidine rings is 2. The summed E-state index contributed by atoms with van der Waals surface area (Å²) in [6.07, 6.45) is 7.77. The average molecular weight is 412 g/mol. The van der Waals surface area contributed by atoms with Gasteiger partial charge in [0.15, 0.2) is 11.5 Å². The molecule has 2 fully saturated rings. The number of amides is 1. The van der Waals surface area contributed by atoms with E-state index in [0.717, 1.165) is 11.9 Å². The molecule has 1 aromatic heterocycles. The monoisotopic (exact) mass is 411 g/mol. The Morgan fingerprint density at radius 3 is 2.77 bits per heavy atom. The molecule has 1 aromatic carbocycles. The number of carbonyl (C=O) groups excluding carboxylic acids is 1. The van der Waals surface area contributed by atoms with Gasteiger partial charge in [-0.15, -0.1) is 0 Å². The van der Waals surface area contributed by atoms with Crippen LogP contribution >= 0.6 is 0 Å². The number of aryl methyl sites for hydroxylation is 1. The summed E-state index contributed by atoms with van der Waals surface area (Å²) < 4.78 is 12.8. The van der Waals surface area contributed by atoms with E-state index >= 15 is 0 Å². The van der Waals surface area contributed by atoms with E-state index < -0.39 is 0 Å². The van der Waals surface area contributed by atoms with Gasteiger partial charge in [0.25, 0.3) is 5.91 Å². The smallest absolute Gasteiger partial charge is 0.256 e. The fourth-order valence-electron chi connectivity index (χ4n) is 5.34. The number of carbonyl (C=O) groups is 1. The molecule has 0 saturated carbocycles. The third kappa shape index (κ3) is 3.35. The topological polar surface area (TPSA) is 72.8 Å². The Bertz CT molecular complexity index is 1030. The molecule has 0 aliphatic carbocycles. The summed E-state index contributed by atoms with van der Waals surface area (Å²) >= 11 is 0. The Hall–Kier alpha value is -2.54. The van der Waals surface area contributed by atoms with Crippen molar-refractivity contribution in [3.8, 4) is 11.5 Å². The van der Waals surface area contributed by atoms with E-state index in [1.54, 1.807) is 12.3 Å². The molecule has 3 aliphatic rings. The molecule has 2 saturated heterocycles. The maximum atomic E-state index is 13.1. The second kappa shape index (κ2) is 7.95. The van der Waals surface area contributed by atoms with Crippen molar-refractivity contribution >= 4 is 16.8 Å². The standard InChI is InChI=1S/C23H29N3O4/c1-2-25-13-17(22(27)16-10-20-21(11-19(16)25)30-14-29-20)23(28)24-12-15-6-5-9-26-8-4-3-7-18(15)26/h10-11,13,15,18H,2-9,12,14H2,1H3,(H,24,28)/t15-,18+/m0/s1. The molecule has 2 atom stereocenters. The van der Waals surface area contributed by atoms with Crippen LogP contribution in [0, 0.1) is 5.92 Å². The molecule has 2 aromatic rings. The Balaban J connectivity index is 1.40. The SMILES string of the molecule is CCn1cc(C(=O)NC[C@@H]2CCCN3CCCC[C@H]23)c(=O)c2cc3c(cc21)OCO3. The highest BCUT2D eigenvalue weighted by atomic mass is 16.7. The maximum absolute atomic E-state index is 13.1. The van der Waals surface area contributed by atoms with Gasteiger partial charge in [0.2, 0.25) is 12.2 Å². The maximum Gasteiger partial charge on any atom is 0.256 e. The summed E-state index contributed by atoms with van der Waals surface area (Å²) in [7, 11) is 0. The Morgan fingerprint density at radius 1 is 1.13 bits per heavy atom. The van der Waals surface area contributed by atoms with Crippen LogP contribution in [0.2, 0.25) is 0 Å². The quantitative estimate of drug-likeness (QED) is 0.838. The number of aromatic nitrogens is 1. The van der Waals surface area contributed by atoms with Gasteiger partial charge in [0.05, 0.1) is 10.9 Å². The van der Waals surface area contributed by atoms with E-state index in [1.165, 1.54) is 38.8 Å². The molecule has 0 radical (unpaired) electrons. The van der Waals surface area contributed by atoms with E-state index in [1.807, 2.05) is 17.6 Å². The van der Waals surface area contributed by atoms with Crippen molar-refractivity contribution < 1.29 is 14.3 Å². The first-order valence-corrected chi connectivity index (χ1v) is 11.1. The minimum Gasteiger partial charge on any atom is -0.454 e. The van der Waals surface area contributed by atoms with Crippen molar-refractivity contribution in [3.05, 3.63) is 34.1 Å². The zero-order valence-electron chi connectivity index (χ0n) is 17.5. The lowest BCUT2D eigenvalue weighted by Gasteiger charge is -2.44. The lowest BCUT2D eigenvalue weighted by Crippen LogP contribution is -2.51. The van der Waals surface area contributed by atoms with Gasteiger partial charge in [-0.3, -0.25) is 9.59 Å². The van der Waals surface area contributed by atoms with Gasteiger partial charge in [-0.25, -0.2) is 0 Å². The van der Waals surface area contributed by atoms with E-state index in [9.17, 15) is 9.59 Å². The van der Waals surface area contributed by atoms with Crippen LogP contribution in [0.1, 0.15) is 49.4 Å². The number of nitrogens with one attached hydrogen (secondary N) is 1. The van der Waals surface area contributed by atoms with E-state index in [0.29, 0.717) is 41.9 Å². The molecule has 5 rings (SSSR count). The molecule has 0 bridgehead atoms. The zero-order valence-corrected chi connectivity index (χ0v) is 17.5. The van der Waals surface area contributed by atoms with Gasteiger partial charge in [-0.05, 0) is 57.7 Å². The van der Waals surface area contributed by atoms with Crippen LogP contribution in [-0.2, 0) is 6.54 Å². The lowest BCUT2D eigenvalue weighted by atomic mass is 9.83. The molecule has 160 valence electrons. The van der Waals surface area contributed by atoms with Gasteiger partial charge in [0, 0.05) is 31.4 Å². The fraction of sp³-hybridized carbons (Fsp3) is 0.565. The molecule has 3 aliphatic heterocycles. The first-order valence-electron chi connectivity index (χ1n) is 11.1. The van der Waals surface area contributed by atoms with E-state index in [2.05, 4.69) is 10.2 Å². The third-order valence-electron chi connectivity index (χ3n) is 6.91. The van der Waals surface area contributed by atoms with Crippen molar-refractivity contribution in [3.63, 3.8) is 0 Å². The molecule has 7 nitrogen and oxygen atoms in total. The van der Waals surface area contributed by atoms with E-state index in [-0.39, 0.29) is 23.7 Å². The molecule has 0 spiro atoms. The number of hydrogen-bond donors (Lipinski definition) is 1. The first-order chi connectivity index (χ1) is 14.7. The summed E-state index contributed by atoms with van der Waals surface area (Å²) in [6, 6.07) is 4.09. The first kappa shape index (κ1) is 19.4. The number of rotatable bonds is 4. The molecule has 1 N–H and O–H groups in total. The van der Waals surface area contributed by atoms with Crippen LogP contribution in [0.4, 0.5) is 0 Å². The van der Waals surface area contributed by atoms with Crippen molar-refractivity contribution in [2.75, 3.05) is 26.4 Å². The number of benzene rings is 1. The molecular formula is C23H29N3O4. The van der Waals surface area contributed by atoms with Gasteiger partial charge >= 0.3 is 0 Å². The summed E-state index contributed by atoms with van der Waals surface area (Å²) in [6.45, 7) is 5.78. The van der Waals surface area contributed by atoms with E-state index in [4.69, 9.17) is 9.47 Å². The normalized spacial score (nSPS) is 23.4. The second-order valence-electron chi connectivity index (χ2n) is 8.59. The lowest BCUT2D eigenvalue weighted by molar-refractivity contribution is 0.0575. The van der Waals surface area contributed by atoms with Crippen LogP contribution in [0.15, 0.2) is 23.1 Å². The van der Waals surface area contributed by atoms with Crippen molar-refractivity contribution in [1.29, 1.82) is 0 Å². The summed E-state index contributed by atoms with van der Waals surface area (Å²) in [4.78, 5) is 28.7. The summed E-state index contributed by atoms with van der Waals surface area (Å²) in [5.74, 6) is 1.37. The Labute approximate surface area is 175 Å². The predicted molar refractivity (Wildman–Crippen MR) is 114 cm³/mol. The van der Waals surface area contributed by atoms with Crippen molar-refractivity contribution in [1.82, 2.24) is 14.8 Å². The molecule has 7 heteroatoms. The van der Waals surface area contributed by atoms with Crippen molar-refractivity contribution in [2.24, 2.45) is 5.92 Å². The van der Waals surface area contributed by atoms with Crippen LogP contribution < -0.4 is 20.2 Å². The largest absolute Gasteiger partial charge is 0.454 e. The average Bonchev–Trinajstić information content (AvgIpc) is 3.24. The summed E-state index contributed by atoms with van der Waals surface area (Å²) in [5, 5.41) is 3.57. The highest BCUT2D eigenvalue weighted by molar-refractivity contribution is 5.97. The number of ether oxygens (including phenoxy) is 2. The molecule has 1 amide bonds. The fourth-order valence-corrected chi connectivity index (χ4v) is 5.34. The van der Waals surface area contributed by atoms with Crippen LogP contribution in [0.5, 0.6) is 11.5 Å².